The molecule has 23 heavy (non-hydrogen) atoms. The highest BCUT2D eigenvalue weighted by molar-refractivity contribution is 5.84. The summed E-state index contributed by atoms with van der Waals surface area (Å²) >= 11 is 0. The van der Waals surface area contributed by atoms with E-state index in [2.05, 4.69) is 10.1 Å². The Labute approximate surface area is 131 Å². The molecule has 0 amide bonds. The van der Waals surface area contributed by atoms with Gasteiger partial charge in [0.05, 0.1) is 23.7 Å². The van der Waals surface area contributed by atoms with Gasteiger partial charge in [0.25, 0.3) is 5.56 Å². The highest BCUT2D eigenvalue weighted by Gasteiger charge is 2.12. The molecule has 0 aliphatic carbocycles. The molecule has 3 aromatic heterocycles. The van der Waals surface area contributed by atoms with Gasteiger partial charge in [0.15, 0.2) is 5.65 Å². The minimum absolute atomic E-state index is 0.0823. The van der Waals surface area contributed by atoms with Gasteiger partial charge < -0.3 is 9.67 Å². The quantitative estimate of drug-likeness (QED) is 0.625. The van der Waals surface area contributed by atoms with Gasteiger partial charge in [-0.2, -0.15) is 5.10 Å². The van der Waals surface area contributed by atoms with Gasteiger partial charge in [0, 0.05) is 24.5 Å². The zero-order valence-corrected chi connectivity index (χ0v) is 12.3. The average Bonchev–Trinajstić information content (AvgIpc) is 3.02. The average molecular weight is 306 g/mol. The van der Waals surface area contributed by atoms with Crippen molar-refractivity contribution in [3.8, 4) is 11.1 Å². The highest BCUT2D eigenvalue weighted by atomic mass is 16.3. The van der Waals surface area contributed by atoms with Crippen LogP contribution in [0.5, 0.6) is 0 Å². The number of hydrogen-bond donors (Lipinski definition) is 1. The van der Waals surface area contributed by atoms with Crippen molar-refractivity contribution in [1.82, 2.24) is 19.2 Å². The van der Waals surface area contributed by atoms with E-state index in [1.807, 2.05) is 36.4 Å². The Morgan fingerprint density at radius 1 is 1.09 bits per heavy atom. The minimum atomic E-state index is -0.178. The molecule has 6 nitrogen and oxygen atoms in total. The van der Waals surface area contributed by atoms with Gasteiger partial charge in [-0.3, -0.25) is 4.79 Å². The molecule has 1 N–H and O–H groups in total. The van der Waals surface area contributed by atoms with Crippen LogP contribution in [0, 0.1) is 0 Å². The Morgan fingerprint density at radius 3 is 2.70 bits per heavy atom. The van der Waals surface area contributed by atoms with Gasteiger partial charge in [0.2, 0.25) is 0 Å². The van der Waals surface area contributed by atoms with Crippen LogP contribution in [0.4, 0.5) is 0 Å². The second-order valence-corrected chi connectivity index (χ2v) is 5.25. The minimum Gasteiger partial charge on any atom is -0.395 e. The Kier molecular flexibility index (Phi) is 3.17. The van der Waals surface area contributed by atoms with E-state index in [4.69, 9.17) is 5.11 Å². The van der Waals surface area contributed by atoms with E-state index in [1.54, 1.807) is 23.1 Å². The number of aromatic nitrogens is 4. The lowest BCUT2D eigenvalue weighted by atomic mass is 10.1. The number of benzene rings is 1. The molecular formula is C17H14N4O2. The number of nitrogens with zero attached hydrogens (tertiary/aromatic N) is 4. The third-order valence-corrected chi connectivity index (χ3v) is 3.89. The summed E-state index contributed by atoms with van der Waals surface area (Å²) in [6, 6.07) is 11.7. The van der Waals surface area contributed by atoms with Gasteiger partial charge in [0.1, 0.15) is 0 Å². The number of fused-ring (bicyclic) bond motifs is 3. The van der Waals surface area contributed by atoms with Gasteiger partial charge in [-0.25, -0.2) is 9.50 Å². The van der Waals surface area contributed by atoms with E-state index < -0.39 is 0 Å². The second-order valence-electron chi connectivity index (χ2n) is 5.25. The van der Waals surface area contributed by atoms with E-state index in [-0.39, 0.29) is 18.7 Å². The monoisotopic (exact) mass is 306 g/mol. The van der Waals surface area contributed by atoms with Crippen LogP contribution < -0.4 is 5.56 Å². The van der Waals surface area contributed by atoms with Gasteiger partial charge >= 0.3 is 0 Å². The fourth-order valence-electron chi connectivity index (χ4n) is 2.76. The topological polar surface area (TPSA) is 72.4 Å². The lowest BCUT2D eigenvalue weighted by molar-refractivity contribution is 0.274. The fraction of sp³-hybridized carbons (Fsp3) is 0.118. The first-order chi connectivity index (χ1) is 11.3. The summed E-state index contributed by atoms with van der Waals surface area (Å²) in [6.07, 6.45) is 5.01. The molecule has 1 aromatic carbocycles. The van der Waals surface area contributed by atoms with Crippen molar-refractivity contribution in [3.05, 3.63) is 65.3 Å². The summed E-state index contributed by atoms with van der Waals surface area (Å²) in [5, 5.41) is 13.9. The van der Waals surface area contributed by atoms with E-state index in [0.29, 0.717) is 16.6 Å². The summed E-state index contributed by atoms with van der Waals surface area (Å²) in [5.74, 6) is 0. The summed E-state index contributed by atoms with van der Waals surface area (Å²) in [6.45, 7) is 0.183. The van der Waals surface area contributed by atoms with Crippen LogP contribution in [0.25, 0.3) is 27.7 Å². The number of hydrogen-bond acceptors (Lipinski definition) is 4. The summed E-state index contributed by atoms with van der Waals surface area (Å²) in [7, 11) is 0. The third-order valence-electron chi connectivity index (χ3n) is 3.89. The number of aliphatic hydroxyl groups is 1. The maximum absolute atomic E-state index is 12.4. The summed E-state index contributed by atoms with van der Waals surface area (Å²) in [4.78, 5) is 16.8. The molecule has 0 atom stereocenters. The Hall–Kier alpha value is -2.99. The number of aliphatic hydroxyl groups excluding tert-OH is 1. The Bertz CT molecular complexity index is 1050. The van der Waals surface area contributed by atoms with Crippen molar-refractivity contribution in [1.29, 1.82) is 0 Å². The molecule has 3 heterocycles. The molecule has 4 rings (SSSR count). The number of pyridine rings is 1. The normalized spacial score (nSPS) is 11.3. The van der Waals surface area contributed by atoms with Gasteiger partial charge in [-0.15, -0.1) is 0 Å². The maximum atomic E-state index is 12.4. The van der Waals surface area contributed by atoms with Crippen molar-refractivity contribution in [2.24, 2.45) is 0 Å². The zero-order chi connectivity index (χ0) is 15.8. The maximum Gasteiger partial charge on any atom is 0.261 e. The summed E-state index contributed by atoms with van der Waals surface area (Å²) in [5.41, 5.74) is 3.19. The molecular weight excluding hydrogens is 292 g/mol. The Balaban J connectivity index is 1.99. The van der Waals surface area contributed by atoms with Crippen molar-refractivity contribution in [3.63, 3.8) is 0 Å². The first-order valence-corrected chi connectivity index (χ1v) is 7.32. The predicted molar refractivity (Wildman–Crippen MR) is 87.3 cm³/mol. The van der Waals surface area contributed by atoms with E-state index in [9.17, 15) is 4.79 Å². The first kappa shape index (κ1) is 13.7. The van der Waals surface area contributed by atoms with Crippen molar-refractivity contribution in [2.45, 2.75) is 6.54 Å². The zero-order valence-electron chi connectivity index (χ0n) is 12.3. The molecule has 0 fully saturated rings. The van der Waals surface area contributed by atoms with E-state index >= 15 is 0 Å². The third kappa shape index (κ3) is 2.11. The molecule has 0 bridgehead atoms. The summed E-state index contributed by atoms with van der Waals surface area (Å²) < 4.78 is 3.15. The predicted octanol–water partition coefficient (Wildman–Crippen LogP) is 1.70. The van der Waals surface area contributed by atoms with Gasteiger partial charge in [-0.1, -0.05) is 30.3 Å². The van der Waals surface area contributed by atoms with Gasteiger partial charge in [-0.05, 0) is 11.6 Å². The molecule has 0 saturated carbocycles. The van der Waals surface area contributed by atoms with E-state index in [1.165, 1.54) is 4.57 Å². The number of rotatable bonds is 3. The Morgan fingerprint density at radius 2 is 1.91 bits per heavy atom. The molecule has 0 aliphatic rings. The van der Waals surface area contributed by atoms with E-state index in [0.717, 1.165) is 11.1 Å². The molecule has 0 radical (unpaired) electrons. The standard InChI is InChI=1S/C17H14N4O2/c22-9-8-20-7-6-15-14(17(20)23)10-18-16-13(11-19-21(15)16)12-4-2-1-3-5-12/h1-7,10-11,22H,8-9H2. The lowest BCUT2D eigenvalue weighted by Crippen LogP contribution is -2.21. The van der Waals surface area contributed by atoms with Crippen molar-refractivity contribution < 1.29 is 5.11 Å². The largest absolute Gasteiger partial charge is 0.395 e. The first-order valence-electron chi connectivity index (χ1n) is 7.32. The molecule has 0 aliphatic heterocycles. The van der Waals surface area contributed by atoms with Crippen LogP contribution in [-0.4, -0.2) is 30.9 Å². The smallest absolute Gasteiger partial charge is 0.261 e. The van der Waals surface area contributed by atoms with Crippen LogP contribution in [0.15, 0.2) is 59.8 Å². The van der Waals surface area contributed by atoms with Crippen LogP contribution in [0.1, 0.15) is 0 Å². The molecule has 0 unspecified atom stereocenters. The molecule has 0 spiro atoms. The molecule has 4 aromatic rings. The SMILES string of the molecule is O=c1c2cnc3c(-c4ccccc4)cnn3c2ccn1CCO. The second kappa shape index (κ2) is 5.33. The van der Waals surface area contributed by atoms with Crippen LogP contribution in [0.2, 0.25) is 0 Å². The fourth-order valence-corrected chi connectivity index (χ4v) is 2.76. The van der Waals surface area contributed by atoms with Crippen LogP contribution >= 0.6 is 0 Å². The highest BCUT2D eigenvalue weighted by Crippen LogP contribution is 2.24. The lowest BCUT2D eigenvalue weighted by Gasteiger charge is -2.06. The van der Waals surface area contributed by atoms with Crippen molar-refractivity contribution >= 4 is 16.6 Å². The molecule has 6 heteroatoms. The van der Waals surface area contributed by atoms with Crippen LogP contribution in [-0.2, 0) is 6.54 Å². The molecule has 0 saturated heterocycles. The molecule has 114 valence electrons. The van der Waals surface area contributed by atoms with Crippen LogP contribution in [0.3, 0.4) is 0 Å². The van der Waals surface area contributed by atoms with Crippen molar-refractivity contribution in [2.75, 3.05) is 6.61 Å².